The Balaban J connectivity index is 1.55. The lowest BCUT2D eigenvalue weighted by molar-refractivity contribution is -0.0430. The lowest BCUT2D eigenvalue weighted by Crippen LogP contribution is -2.24. The summed E-state index contributed by atoms with van der Waals surface area (Å²) in [6.45, 7) is -0.273. The molecule has 0 spiro atoms. The third kappa shape index (κ3) is 2.99. The van der Waals surface area contributed by atoms with Crippen LogP contribution >= 0.6 is 0 Å². The van der Waals surface area contributed by atoms with Crippen molar-refractivity contribution in [2.45, 2.75) is 24.9 Å². The molecule has 0 saturated carbocycles. The molecule has 1 unspecified atom stereocenters. The van der Waals surface area contributed by atoms with Gasteiger partial charge in [-0.3, -0.25) is 5.10 Å². The summed E-state index contributed by atoms with van der Waals surface area (Å²) in [5.41, 5.74) is 9.10. The van der Waals surface area contributed by atoms with Crippen molar-refractivity contribution in [3.63, 3.8) is 0 Å². The second kappa shape index (κ2) is 6.84. The van der Waals surface area contributed by atoms with Crippen LogP contribution in [0.4, 0.5) is 17.2 Å². The molecule has 0 amide bonds. The molecule has 1 aliphatic heterocycles. The molecule has 5 rings (SSSR count). The van der Waals surface area contributed by atoms with E-state index in [1.165, 1.54) is 6.33 Å². The molecule has 12 heteroatoms. The summed E-state index contributed by atoms with van der Waals surface area (Å²) in [4.78, 5) is 8.34. The Bertz CT molecular complexity index is 1220. The zero-order valence-electron chi connectivity index (χ0n) is 15.0. The van der Waals surface area contributed by atoms with Gasteiger partial charge in [0.1, 0.15) is 41.3 Å². The van der Waals surface area contributed by atoms with E-state index in [1.54, 1.807) is 22.9 Å². The summed E-state index contributed by atoms with van der Waals surface area (Å²) in [5, 5.41) is 39.0. The minimum atomic E-state index is -0.777. The van der Waals surface area contributed by atoms with Crippen molar-refractivity contribution < 1.29 is 14.9 Å². The van der Waals surface area contributed by atoms with Crippen molar-refractivity contribution in [3.05, 3.63) is 30.7 Å². The van der Waals surface area contributed by atoms with Crippen LogP contribution in [0.5, 0.6) is 0 Å². The van der Waals surface area contributed by atoms with Crippen LogP contribution in [0.2, 0.25) is 0 Å². The number of aliphatic hydroxyl groups excluding tert-OH is 2. The first-order chi connectivity index (χ1) is 14.1. The molecule has 1 aromatic carbocycles. The number of nitrogens with two attached hydrogens (primary N) is 1. The molecule has 12 nitrogen and oxygen atoms in total. The average Bonchev–Trinajstić information content (AvgIpc) is 3.42. The lowest BCUT2D eigenvalue weighted by Gasteiger charge is -2.14. The molecule has 148 valence electrons. The number of hydrogen-bond donors (Lipinski definition) is 4. The third-order valence-corrected chi connectivity index (χ3v) is 4.90. The number of nitrogens with zero attached hydrogens (tertiary/aromatic N) is 7. The number of azo groups is 1. The van der Waals surface area contributed by atoms with E-state index in [1.807, 2.05) is 6.07 Å². The van der Waals surface area contributed by atoms with Gasteiger partial charge in [-0.1, -0.05) is 5.21 Å². The van der Waals surface area contributed by atoms with Gasteiger partial charge in [-0.15, -0.1) is 10.2 Å². The Kier molecular flexibility index (Phi) is 4.16. The summed E-state index contributed by atoms with van der Waals surface area (Å²) in [6, 6.07) is 5.35. The molecule has 1 aliphatic rings. The van der Waals surface area contributed by atoms with E-state index in [2.05, 4.69) is 35.6 Å². The smallest absolute Gasteiger partial charge is 0.149 e. The van der Waals surface area contributed by atoms with Gasteiger partial charge in [0.2, 0.25) is 0 Å². The average molecular weight is 395 g/mol. The molecule has 29 heavy (non-hydrogen) atoms. The molecule has 1 saturated heterocycles. The molecule has 1 fully saturated rings. The fraction of sp³-hybridized carbons (Fsp3) is 0.294. The van der Waals surface area contributed by atoms with Crippen LogP contribution in [-0.4, -0.2) is 59.0 Å². The van der Waals surface area contributed by atoms with E-state index in [-0.39, 0.29) is 12.4 Å². The Morgan fingerprint density at radius 3 is 3.03 bits per heavy atom. The SMILES string of the molecule is Nc1ncnc2c1c(/N=N/c1ccc3[nH]nnc3c1)cn2[C@H]1CC(O)[C@@H](CO)O1. The normalized spacial score (nSPS) is 22.3. The van der Waals surface area contributed by atoms with Crippen molar-refractivity contribution >= 4 is 39.3 Å². The number of aromatic nitrogens is 6. The van der Waals surface area contributed by atoms with E-state index in [0.29, 0.717) is 34.3 Å². The van der Waals surface area contributed by atoms with Crippen LogP contribution in [-0.2, 0) is 4.74 Å². The maximum absolute atomic E-state index is 10.1. The summed E-state index contributed by atoms with van der Waals surface area (Å²) in [5.74, 6) is 0.256. The highest BCUT2D eigenvalue weighted by Crippen LogP contribution is 2.38. The molecule has 5 N–H and O–H groups in total. The Morgan fingerprint density at radius 1 is 1.31 bits per heavy atom. The number of aromatic amines is 1. The van der Waals surface area contributed by atoms with Gasteiger partial charge >= 0.3 is 0 Å². The Labute approximate surface area is 163 Å². The van der Waals surface area contributed by atoms with Crippen LogP contribution in [0.15, 0.2) is 41.0 Å². The Morgan fingerprint density at radius 2 is 2.21 bits per heavy atom. The summed E-state index contributed by atoms with van der Waals surface area (Å²) in [7, 11) is 0. The molecule has 0 bridgehead atoms. The summed E-state index contributed by atoms with van der Waals surface area (Å²) < 4.78 is 7.47. The second-order valence-electron chi connectivity index (χ2n) is 6.71. The predicted molar refractivity (Wildman–Crippen MR) is 102 cm³/mol. The van der Waals surface area contributed by atoms with E-state index >= 15 is 0 Å². The molecule has 3 aromatic heterocycles. The lowest BCUT2D eigenvalue weighted by atomic mass is 10.2. The number of ether oxygens (including phenoxy) is 1. The van der Waals surface area contributed by atoms with Crippen LogP contribution in [0, 0.1) is 0 Å². The van der Waals surface area contributed by atoms with Crippen molar-refractivity contribution in [1.29, 1.82) is 0 Å². The molecule has 3 atom stereocenters. The summed E-state index contributed by atoms with van der Waals surface area (Å²) in [6.07, 6.45) is 1.40. The standard InChI is InChI=1S/C17H17N9O3/c18-16-15-11(22-21-8-1-2-9-10(3-8)24-25-23-9)5-26(17(15)20-7-19-16)14-4-12(28)13(6-27)29-14/h1-3,5,7,12-14,27-28H,4,6H2,(H2,18,19,20)(H,23,24,25)/b22-21+/t12?,13-,14-/m1/s1. The second-order valence-corrected chi connectivity index (χ2v) is 6.71. The van der Waals surface area contributed by atoms with Gasteiger partial charge < -0.3 is 25.3 Å². The van der Waals surface area contributed by atoms with Crippen LogP contribution in [0.3, 0.4) is 0 Å². The van der Waals surface area contributed by atoms with Gasteiger partial charge in [0.15, 0.2) is 0 Å². The molecule has 4 heterocycles. The highest BCUT2D eigenvalue weighted by atomic mass is 16.5. The monoisotopic (exact) mass is 395 g/mol. The van der Waals surface area contributed by atoms with Gasteiger partial charge in [-0.05, 0) is 18.2 Å². The minimum absolute atomic E-state index is 0.256. The number of H-pyrrole nitrogens is 1. The maximum Gasteiger partial charge on any atom is 0.149 e. The fourth-order valence-electron chi connectivity index (χ4n) is 3.44. The van der Waals surface area contributed by atoms with E-state index in [9.17, 15) is 10.2 Å². The highest BCUT2D eigenvalue weighted by molar-refractivity contribution is 5.96. The van der Waals surface area contributed by atoms with Crippen LogP contribution in [0.25, 0.3) is 22.1 Å². The molecule has 0 aliphatic carbocycles. The van der Waals surface area contributed by atoms with E-state index in [0.717, 1.165) is 5.52 Å². The molecular weight excluding hydrogens is 378 g/mol. The number of rotatable bonds is 4. The van der Waals surface area contributed by atoms with Crippen LogP contribution < -0.4 is 5.73 Å². The molecule has 4 aromatic rings. The maximum atomic E-state index is 10.1. The van der Waals surface area contributed by atoms with Gasteiger partial charge in [0.25, 0.3) is 0 Å². The first-order valence-corrected chi connectivity index (χ1v) is 8.92. The Hall–Kier alpha value is -3.48. The topological polar surface area (TPSA) is 173 Å². The van der Waals surface area contributed by atoms with Crippen molar-refractivity contribution in [1.82, 2.24) is 29.9 Å². The third-order valence-electron chi connectivity index (χ3n) is 4.90. The molecule has 0 radical (unpaired) electrons. The number of anilines is 1. The first-order valence-electron chi connectivity index (χ1n) is 8.92. The van der Waals surface area contributed by atoms with Gasteiger partial charge in [0, 0.05) is 12.6 Å². The number of nitrogens with one attached hydrogen (secondary N) is 1. The van der Waals surface area contributed by atoms with Gasteiger partial charge in [-0.25, -0.2) is 9.97 Å². The predicted octanol–water partition coefficient (Wildman–Crippen LogP) is 1.34. The number of fused-ring (bicyclic) bond motifs is 2. The van der Waals surface area contributed by atoms with E-state index in [4.69, 9.17) is 10.5 Å². The first kappa shape index (κ1) is 17.6. The van der Waals surface area contributed by atoms with E-state index < -0.39 is 18.4 Å². The van der Waals surface area contributed by atoms with Crippen molar-refractivity contribution in [2.75, 3.05) is 12.3 Å². The number of aliphatic hydroxyl groups is 2. The zero-order chi connectivity index (χ0) is 20.0. The van der Waals surface area contributed by atoms with Crippen molar-refractivity contribution in [3.8, 4) is 0 Å². The number of benzene rings is 1. The highest BCUT2D eigenvalue weighted by Gasteiger charge is 2.35. The van der Waals surface area contributed by atoms with Crippen molar-refractivity contribution in [2.24, 2.45) is 10.2 Å². The minimum Gasteiger partial charge on any atom is -0.394 e. The molecular formula is C17H17N9O3. The number of nitrogen functional groups attached to an aromatic ring is 1. The van der Waals surface area contributed by atoms with Crippen LogP contribution in [0.1, 0.15) is 12.6 Å². The summed E-state index contributed by atoms with van der Waals surface area (Å²) >= 11 is 0. The van der Waals surface area contributed by atoms with Gasteiger partial charge in [0.05, 0.1) is 29.3 Å². The largest absolute Gasteiger partial charge is 0.394 e. The zero-order valence-corrected chi connectivity index (χ0v) is 15.0. The quantitative estimate of drug-likeness (QED) is 0.375. The van der Waals surface area contributed by atoms with Gasteiger partial charge in [-0.2, -0.15) is 5.11 Å². The fourth-order valence-corrected chi connectivity index (χ4v) is 3.44. The number of hydrogen-bond acceptors (Lipinski definition) is 10.